The van der Waals surface area contributed by atoms with Crippen LogP contribution in [0.25, 0.3) is 0 Å². The van der Waals surface area contributed by atoms with Crippen molar-refractivity contribution in [3.05, 3.63) is 23.7 Å². The van der Waals surface area contributed by atoms with Gasteiger partial charge in [0.2, 0.25) is 0 Å². The van der Waals surface area contributed by atoms with Crippen molar-refractivity contribution in [3.8, 4) is 0 Å². The zero-order valence-electron chi connectivity index (χ0n) is 10.1. The molecule has 1 fully saturated rings. The van der Waals surface area contributed by atoms with Gasteiger partial charge in [-0.3, -0.25) is 4.90 Å². The molecule has 0 saturated carbocycles. The molecule has 0 bridgehead atoms. The highest BCUT2D eigenvalue weighted by Gasteiger charge is 2.23. The van der Waals surface area contributed by atoms with Gasteiger partial charge in [0.05, 0.1) is 6.54 Å². The predicted molar refractivity (Wildman–Crippen MR) is 62.9 cm³/mol. The van der Waals surface area contributed by atoms with Crippen molar-refractivity contribution in [1.29, 1.82) is 0 Å². The molecule has 2 heterocycles. The predicted octanol–water partition coefficient (Wildman–Crippen LogP) is 2.39. The van der Waals surface area contributed by atoms with Gasteiger partial charge in [-0.05, 0) is 44.4 Å². The van der Waals surface area contributed by atoms with Crippen LogP contribution >= 0.6 is 0 Å². The molecule has 1 N–H and O–H groups in total. The number of piperidine rings is 1. The van der Waals surface area contributed by atoms with Crippen molar-refractivity contribution in [2.24, 2.45) is 5.92 Å². The Bertz CT molecular complexity index is 334. The molecule has 2 rings (SSSR count). The quantitative estimate of drug-likeness (QED) is 0.854. The monoisotopic (exact) mass is 223 g/mol. The first-order valence-electron chi connectivity index (χ1n) is 6.11. The molecular formula is C13H21NO2. The smallest absolute Gasteiger partial charge is 0.129 e. The van der Waals surface area contributed by atoms with Crippen LogP contribution in [0.2, 0.25) is 0 Å². The molecule has 2 unspecified atom stereocenters. The highest BCUT2D eigenvalue weighted by molar-refractivity contribution is 5.06. The minimum Gasteiger partial charge on any atom is -0.462 e. The first kappa shape index (κ1) is 11.7. The maximum absolute atomic E-state index is 8.94. The normalized spacial score (nSPS) is 27.2. The van der Waals surface area contributed by atoms with Crippen molar-refractivity contribution in [2.45, 2.75) is 45.9 Å². The van der Waals surface area contributed by atoms with Crippen molar-refractivity contribution in [2.75, 3.05) is 6.54 Å². The zero-order valence-corrected chi connectivity index (χ0v) is 10.1. The van der Waals surface area contributed by atoms with Crippen LogP contribution < -0.4 is 0 Å². The van der Waals surface area contributed by atoms with Crippen molar-refractivity contribution in [3.63, 3.8) is 0 Å². The van der Waals surface area contributed by atoms with Gasteiger partial charge in [-0.1, -0.05) is 6.92 Å². The number of aliphatic hydroxyl groups excluding tert-OH is 1. The average Bonchev–Trinajstić information content (AvgIpc) is 2.70. The topological polar surface area (TPSA) is 36.6 Å². The number of hydrogen-bond acceptors (Lipinski definition) is 3. The van der Waals surface area contributed by atoms with E-state index in [-0.39, 0.29) is 6.61 Å². The van der Waals surface area contributed by atoms with Crippen LogP contribution in [0.4, 0.5) is 0 Å². The molecule has 1 aliphatic rings. The lowest BCUT2D eigenvalue weighted by Gasteiger charge is -2.35. The molecule has 3 nitrogen and oxygen atoms in total. The Kier molecular flexibility index (Phi) is 3.66. The highest BCUT2D eigenvalue weighted by atomic mass is 16.4. The van der Waals surface area contributed by atoms with Gasteiger partial charge in [-0.2, -0.15) is 0 Å². The molecule has 0 spiro atoms. The van der Waals surface area contributed by atoms with Crippen LogP contribution in [-0.2, 0) is 13.2 Å². The summed E-state index contributed by atoms with van der Waals surface area (Å²) in [6, 6.07) is 4.45. The largest absolute Gasteiger partial charge is 0.462 e. The van der Waals surface area contributed by atoms with Crippen LogP contribution in [0, 0.1) is 5.92 Å². The Hall–Kier alpha value is -0.800. The third-order valence-corrected chi connectivity index (χ3v) is 3.51. The molecular weight excluding hydrogens is 202 g/mol. The second-order valence-corrected chi connectivity index (χ2v) is 4.98. The lowest BCUT2D eigenvalue weighted by Crippen LogP contribution is -2.39. The molecule has 1 aromatic heterocycles. The Morgan fingerprint density at radius 2 is 2.12 bits per heavy atom. The first-order chi connectivity index (χ1) is 7.69. The molecule has 16 heavy (non-hydrogen) atoms. The van der Waals surface area contributed by atoms with E-state index < -0.39 is 0 Å². The molecule has 90 valence electrons. The molecule has 1 aliphatic heterocycles. The SMILES string of the molecule is CC1CCN(Cc2ccc(CO)o2)C(C)C1. The summed E-state index contributed by atoms with van der Waals surface area (Å²) in [5.41, 5.74) is 0. The van der Waals surface area contributed by atoms with Crippen molar-refractivity contribution >= 4 is 0 Å². The number of likely N-dealkylation sites (tertiary alicyclic amines) is 1. The van der Waals surface area contributed by atoms with E-state index in [1.165, 1.54) is 12.8 Å². The maximum atomic E-state index is 8.94. The van der Waals surface area contributed by atoms with Crippen molar-refractivity contribution < 1.29 is 9.52 Å². The maximum Gasteiger partial charge on any atom is 0.129 e. The fourth-order valence-electron chi connectivity index (χ4n) is 2.48. The molecule has 1 aromatic rings. The Morgan fingerprint density at radius 3 is 2.75 bits per heavy atom. The molecule has 0 aromatic carbocycles. The van der Waals surface area contributed by atoms with E-state index in [2.05, 4.69) is 18.7 Å². The molecule has 0 amide bonds. The number of aliphatic hydroxyl groups is 1. The van der Waals surface area contributed by atoms with E-state index in [4.69, 9.17) is 9.52 Å². The molecule has 0 radical (unpaired) electrons. The van der Waals surface area contributed by atoms with Gasteiger partial charge in [0.25, 0.3) is 0 Å². The zero-order chi connectivity index (χ0) is 11.5. The second kappa shape index (κ2) is 5.02. The summed E-state index contributed by atoms with van der Waals surface area (Å²) in [4.78, 5) is 2.46. The summed E-state index contributed by atoms with van der Waals surface area (Å²) in [5.74, 6) is 2.47. The van der Waals surface area contributed by atoms with Crippen molar-refractivity contribution in [1.82, 2.24) is 4.90 Å². The van der Waals surface area contributed by atoms with Gasteiger partial charge in [0.15, 0.2) is 0 Å². The summed E-state index contributed by atoms with van der Waals surface area (Å²) in [5, 5.41) is 8.94. The fourth-order valence-corrected chi connectivity index (χ4v) is 2.48. The minimum absolute atomic E-state index is 0.00735. The first-order valence-corrected chi connectivity index (χ1v) is 6.11. The van der Waals surface area contributed by atoms with Crippen LogP contribution in [0.1, 0.15) is 38.2 Å². The lowest BCUT2D eigenvalue weighted by molar-refractivity contribution is 0.112. The average molecular weight is 223 g/mol. The third-order valence-electron chi connectivity index (χ3n) is 3.51. The van der Waals surface area contributed by atoms with E-state index in [0.29, 0.717) is 11.8 Å². The van der Waals surface area contributed by atoms with Crippen LogP contribution in [0.5, 0.6) is 0 Å². The summed E-state index contributed by atoms with van der Waals surface area (Å²) >= 11 is 0. The highest BCUT2D eigenvalue weighted by Crippen LogP contribution is 2.24. The number of furan rings is 1. The summed E-state index contributed by atoms with van der Waals surface area (Å²) in [7, 11) is 0. The number of nitrogens with zero attached hydrogens (tertiary/aromatic N) is 1. The Balaban J connectivity index is 1.93. The second-order valence-electron chi connectivity index (χ2n) is 4.98. The van der Waals surface area contributed by atoms with Gasteiger partial charge < -0.3 is 9.52 Å². The molecule has 3 heteroatoms. The van der Waals surface area contributed by atoms with Crippen LogP contribution in [0.15, 0.2) is 16.5 Å². The number of rotatable bonds is 3. The van der Waals surface area contributed by atoms with E-state index in [1.807, 2.05) is 12.1 Å². The van der Waals surface area contributed by atoms with Gasteiger partial charge in [-0.25, -0.2) is 0 Å². The molecule has 0 aliphatic carbocycles. The van der Waals surface area contributed by atoms with E-state index in [0.717, 1.165) is 24.8 Å². The van der Waals surface area contributed by atoms with E-state index in [9.17, 15) is 0 Å². The van der Waals surface area contributed by atoms with Gasteiger partial charge in [0, 0.05) is 6.04 Å². The van der Waals surface area contributed by atoms with Gasteiger partial charge >= 0.3 is 0 Å². The summed E-state index contributed by atoms with van der Waals surface area (Å²) in [6.07, 6.45) is 2.55. The Morgan fingerprint density at radius 1 is 1.38 bits per heavy atom. The summed E-state index contributed by atoms with van der Waals surface area (Å²) in [6.45, 7) is 6.62. The Labute approximate surface area is 97.1 Å². The minimum atomic E-state index is -0.00735. The molecule has 2 atom stereocenters. The fraction of sp³-hybridized carbons (Fsp3) is 0.692. The van der Waals surface area contributed by atoms with Gasteiger partial charge in [-0.15, -0.1) is 0 Å². The van der Waals surface area contributed by atoms with Crippen LogP contribution in [-0.4, -0.2) is 22.6 Å². The summed E-state index contributed by atoms with van der Waals surface area (Å²) < 4.78 is 5.52. The number of hydrogen-bond donors (Lipinski definition) is 1. The molecule has 1 saturated heterocycles. The third kappa shape index (κ3) is 2.66. The van der Waals surface area contributed by atoms with E-state index >= 15 is 0 Å². The van der Waals surface area contributed by atoms with E-state index in [1.54, 1.807) is 0 Å². The van der Waals surface area contributed by atoms with Gasteiger partial charge in [0.1, 0.15) is 18.1 Å². The lowest BCUT2D eigenvalue weighted by atomic mass is 9.93. The van der Waals surface area contributed by atoms with Crippen LogP contribution in [0.3, 0.4) is 0 Å². The standard InChI is InChI=1S/C13H21NO2/c1-10-5-6-14(11(2)7-10)8-12-3-4-13(9-15)16-12/h3-4,10-11,15H,5-9H2,1-2H3.